The Balaban J connectivity index is 1.80. The first kappa shape index (κ1) is 14.1. The Morgan fingerprint density at radius 3 is 2.91 bits per heavy atom. The molecule has 0 bridgehead atoms. The van der Waals surface area contributed by atoms with Gasteiger partial charge in [0.25, 0.3) is 0 Å². The van der Waals surface area contributed by atoms with Gasteiger partial charge >= 0.3 is 0 Å². The van der Waals surface area contributed by atoms with Crippen molar-refractivity contribution in [1.29, 1.82) is 0 Å². The van der Waals surface area contributed by atoms with E-state index in [0.717, 1.165) is 28.6 Å². The summed E-state index contributed by atoms with van der Waals surface area (Å²) in [6, 6.07) is 13.4. The molecule has 0 saturated carbocycles. The van der Waals surface area contributed by atoms with Gasteiger partial charge < -0.3 is 11.1 Å². The average Bonchev–Trinajstić information content (AvgIpc) is 2.90. The van der Waals surface area contributed by atoms with E-state index in [9.17, 15) is 4.79 Å². The minimum atomic E-state index is -0.103. The summed E-state index contributed by atoms with van der Waals surface area (Å²) >= 11 is 0. The smallest absolute Gasteiger partial charge is 0.246 e. The molecule has 1 heterocycles. The number of aryl methyl sites for hydroxylation is 1. The van der Waals surface area contributed by atoms with Gasteiger partial charge in [-0.05, 0) is 36.2 Å². The molecule has 0 atom stereocenters. The lowest BCUT2D eigenvalue weighted by Crippen LogP contribution is -2.20. The minimum Gasteiger partial charge on any atom is -0.399 e. The summed E-state index contributed by atoms with van der Waals surface area (Å²) in [6.07, 6.45) is 2.61. The van der Waals surface area contributed by atoms with E-state index in [0.29, 0.717) is 5.69 Å². The van der Waals surface area contributed by atoms with Gasteiger partial charge in [-0.25, -0.2) is 0 Å². The number of carbonyl (C=O) groups is 1. The van der Waals surface area contributed by atoms with Crippen LogP contribution in [0.5, 0.6) is 0 Å². The van der Waals surface area contributed by atoms with Crippen molar-refractivity contribution in [1.82, 2.24) is 9.78 Å². The van der Waals surface area contributed by atoms with Crippen LogP contribution in [0.3, 0.4) is 0 Å². The number of para-hydroxylation sites is 1. The van der Waals surface area contributed by atoms with Crippen LogP contribution in [-0.2, 0) is 17.8 Å². The molecule has 0 radical (unpaired) electrons. The Hall–Kier alpha value is -2.82. The predicted molar refractivity (Wildman–Crippen MR) is 88.6 cm³/mol. The number of nitrogen functional groups attached to an aromatic ring is 1. The zero-order valence-corrected chi connectivity index (χ0v) is 12.4. The van der Waals surface area contributed by atoms with Crippen LogP contribution < -0.4 is 11.1 Å². The molecular formula is C17H18N4O. The molecule has 0 saturated heterocycles. The number of amides is 1. The zero-order valence-electron chi connectivity index (χ0n) is 12.4. The van der Waals surface area contributed by atoms with Crippen LogP contribution in [-0.4, -0.2) is 15.7 Å². The molecule has 0 unspecified atom stereocenters. The molecule has 5 nitrogen and oxygen atoms in total. The molecule has 0 spiro atoms. The van der Waals surface area contributed by atoms with Gasteiger partial charge in [0.15, 0.2) is 0 Å². The third kappa shape index (κ3) is 2.79. The molecule has 2 aromatic carbocycles. The lowest BCUT2D eigenvalue weighted by molar-refractivity contribution is -0.116. The summed E-state index contributed by atoms with van der Waals surface area (Å²) in [5.41, 5.74) is 9.29. The monoisotopic (exact) mass is 294 g/mol. The zero-order chi connectivity index (χ0) is 15.5. The molecule has 3 N–H and O–H groups in total. The van der Waals surface area contributed by atoms with Gasteiger partial charge in [0, 0.05) is 16.8 Å². The topological polar surface area (TPSA) is 72.9 Å². The first-order valence-corrected chi connectivity index (χ1v) is 7.26. The van der Waals surface area contributed by atoms with Crippen LogP contribution in [0.15, 0.2) is 48.7 Å². The number of nitrogens with one attached hydrogen (secondary N) is 1. The summed E-state index contributed by atoms with van der Waals surface area (Å²) in [4.78, 5) is 12.3. The van der Waals surface area contributed by atoms with Crippen molar-refractivity contribution < 1.29 is 4.79 Å². The molecule has 22 heavy (non-hydrogen) atoms. The molecule has 1 amide bonds. The molecule has 0 aliphatic carbocycles. The van der Waals surface area contributed by atoms with Gasteiger partial charge in [-0.3, -0.25) is 9.48 Å². The normalized spacial score (nSPS) is 10.8. The van der Waals surface area contributed by atoms with Crippen LogP contribution in [0.25, 0.3) is 10.9 Å². The maximum absolute atomic E-state index is 12.3. The number of anilines is 2. The second-order valence-electron chi connectivity index (χ2n) is 5.18. The highest BCUT2D eigenvalue weighted by Crippen LogP contribution is 2.18. The lowest BCUT2D eigenvalue weighted by Gasteiger charge is -2.10. The fourth-order valence-corrected chi connectivity index (χ4v) is 2.49. The fraction of sp³-hybridized carbons (Fsp3) is 0.176. The molecular weight excluding hydrogens is 276 g/mol. The number of nitrogens with two attached hydrogens (primary N) is 1. The van der Waals surface area contributed by atoms with Crippen molar-refractivity contribution in [2.75, 3.05) is 11.1 Å². The van der Waals surface area contributed by atoms with Crippen molar-refractivity contribution >= 4 is 28.2 Å². The highest BCUT2D eigenvalue weighted by atomic mass is 16.2. The van der Waals surface area contributed by atoms with Crippen molar-refractivity contribution in [2.45, 2.75) is 19.9 Å². The number of hydrogen-bond donors (Lipinski definition) is 2. The van der Waals surface area contributed by atoms with Crippen LogP contribution in [0.2, 0.25) is 0 Å². The Morgan fingerprint density at radius 1 is 1.27 bits per heavy atom. The Labute approximate surface area is 128 Å². The van der Waals surface area contributed by atoms with Crippen molar-refractivity contribution in [3.05, 3.63) is 54.2 Å². The molecule has 3 aromatic rings. The summed E-state index contributed by atoms with van der Waals surface area (Å²) in [7, 11) is 0. The molecule has 5 heteroatoms. The van der Waals surface area contributed by atoms with Gasteiger partial charge in [-0.15, -0.1) is 0 Å². The van der Waals surface area contributed by atoms with E-state index in [2.05, 4.69) is 17.3 Å². The molecule has 3 rings (SSSR count). The summed E-state index contributed by atoms with van der Waals surface area (Å²) in [6.45, 7) is 2.22. The second kappa shape index (κ2) is 5.89. The number of fused-ring (bicyclic) bond motifs is 1. The first-order chi connectivity index (χ1) is 10.7. The standard InChI is InChI=1S/C17H18N4O/c1-2-12-5-3-4-6-15(12)20-17(22)11-21-16-9-14(18)8-7-13(16)10-19-21/h3-10H,2,11,18H2,1H3,(H,20,22). The van der Waals surface area contributed by atoms with Crippen molar-refractivity contribution in [3.63, 3.8) is 0 Å². The minimum absolute atomic E-state index is 0.103. The van der Waals surface area contributed by atoms with Gasteiger partial charge in [0.1, 0.15) is 6.54 Å². The third-order valence-electron chi connectivity index (χ3n) is 3.63. The van der Waals surface area contributed by atoms with E-state index >= 15 is 0 Å². The van der Waals surface area contributed by atoms with Crippen LogP contribution in [0.4, 0.5) is 11.4 Å². The first-order valence-electron chi connectivity index (χ1n) is 7.26. The molecule has 112 valence electrons. The molecule has 0 fully saturated rings. The maximum atomic E-state index is 12.3. The number of hydrogen-bond acceptors (Lipinski definition) is 3. The van der Waals surface area contributed by atoms with Crippen molar-refractivity contribution in [2.24, 2.45) is 0 Å². The summed E-state index contributed by atoms with van der Waals surface area (Å²) in [5.74, 6) is -0.103. The van der Waals surface area contributed by atoms with Crippen LogP contribution >= 0.6 is 0 Å². The van der Waals surface area contributed by atoms with Gasteiger partial charge in [0.2, 0.25) is 5.91 Å². The molecule has 0 aliphatic rings. The molecule has 1 aromatic heterocycles. The third-order valence-corrected chi connectivity index (χ3v) is 3.63. The largest absolute Gasteiger partial charge is 0.399 e. The predicted octanol–water partition coefficient (Wildman–Crippen LogP) is 2.82. The maximum Gasteiger partial charge on any atom is 0.246 e. The second-order valence-corrected chi connectivity index (χ2v) is 5.18. The average molecular weight is 294 g/mol. The van der Waals surface area contributed by atoms with E-state index in [1.165, 1.54) is 0 Å². The SMILES string of the molecule is CCc1ccccc1NC(=O)Cn1ncc2ccc(N)cc21. The van der Waals surface area contributed by atoms with Gasteiger partial charge in [0.05, 0.1) is 11.7 Å². The highest BCUT2D eigenvalue weighted by molar-refractivity contribution is 5.92. The van der Waals surface area contributed by atoms with E-state index < -0.39 is 0 Å². The van der Waals surface area contributed by atoms with Crippen LogP contribution in [0.1, 0.15) is 12.5 Å². The summed E-state index contributed by atoms with van der Waals surface area (Å²) in [5, 5.41) is 8.18. The van der Waals surface area contributed by atoms with Crippen molar-refractivity contribution in [3.8, 4) is 0 Å². The van der Waals surface area contributed by atoms with E-state index in [1.54, 1.807) is 10.9 Å². The van der Waals surface area contributed by atoms with E-state index in [-0.39, 0.29) is 12.5 Å². The summed E-state index contributed by atoms with van der Waals surface area (Å²) < 4.78 is 1.66. The fourth-order valence-electron chi connectivity index (χ4n) is 2.49. The number of rotatable bonds is 4. The lowest BCUT2D eigenvalue weighted by atomic mass is 10.1. The number of nitrogens with zero attached hydrogens (tertiary/aromatic N) is 2. The van der Waals surface area contributed by atoms with Gasteiger partial charge in [-0.1, -0.05) is 25.1 Å². The van der Waals surface area contributed by atoms with E-state index in [1.807, 2.05) is 42.5 Å². The Kier molecular flexibility index (Phi) is 3.78. The van der Waals surface area contributed by atoms with Crippen LogP contribution in [0, 0.1) is 0 Å². The van der Waals surface area contributed by atoms with E-state index in [4.69, 9.17) is 5.73 Å². The number of aromatic nitrogens is 2. The molecule has 0 aliphatic heterocycles. The number of carbonyl (C=O) groups excluding carboxylic acids is 1. The van der Waals surface area contributed by atoms with Gasteiger partial charge in [-0.2, -0.15) is 5.10 Å². The number of benzene rings is 2. The quantitative estimate of drug-likeness (QED) is 0.727. The Morgan fingerprint density at radius 2 is 2.09 bits per heavy atom. The highest BCUT2D eigenvalue weighted by Gasteiger charge is 2.09. The Bertz CT molecular complexity index is 822.